The van der Waals surface area contributed by atoms with Crippen molar-refractivity contribution in [2.24, 2.45) is 0 Å². The molecule has 0 radical (unpaired) electrons. The number of benzene rings is 1. The average Bonchev–Trinajstić information content (AvgIpc) is 2.24. The van der Waals surface area contributed by atoms with E-state index in [4.69, 9.17) is 0 Å². The third-order valence-electron chi connectivity index (χ3n) is 2.68. The molecule has 16 heavy (non-hydrogen) atoms. The first-order valence-electron chi connectivity index (χ1n) is 5.94. The van der Waals surface area contributed by atoms with Crippen LogP contribution in [0.4, 0.5) is 4.39 Å². The molecule has 0 spiro atoms. The monoisotopic (exact) mass is 222 g/mol. The van der Waals surface area contributed by atoms with Gasteiger partial charge in [-0.05, 0) is 31.0 Å². The van der Waals surface area contributed by atoms with Crippen LogP contribution in [-0.2, 0) is 0 Å². The van der Waals surface area contributed by atoms with Gasteiger partial charge in [0.25, 0.3) is 0 Å². The van der Waals surface area contributed by atoms with E-state index in [0.717, 1.165) is 31.2 Å². The summed E-state index contributed by atoms with van der Waals surface area (Å²) in [5.41, 5.74) is 1.09. The van der Waals surface area contributed by atoms with Crippen molar-refractivity contribution < 1.29 is 9.18 Å². The summed E-state index contributed by atoms with van der Waals surface area (Å²) >= 11 is 0. The SMILES string of the molecule is CCCCCCC(=O)c1ccc(C)cc1F. The van der Waals surface area contributed by atoms with Gasteiger partial charge in [-0.3, -0.25) is 4.79 Å². The van der Waals surface area contributed by atoms with E-state index in [1.165, 1.54) is 6.07 Å². The topological polar surface area (TPSA) is 17.1 Å². The van der Waals surface area contributed by atoms with Gasteiger partial charge in [0.1, 0.15) is 5.82 Å². The van der Waals surface area contributed by atoms with Crippen molar-refractivity contribution in [2.75, 3.05) is 0 Å². The van der Waals surface area contributed by atoms with Gasteiger partial charge in [0.15, 0.2) is 5.78 Å². The average molecular weight is 222 g/mol. The standard InChI is InChI=1S/C14H19FO/c1-3-4-5-6-7-14(16)12-9-8-11(2)10-13(12)15/h8-10H,3-7H2,1-2H3. The van der Waals surface area contributed by atoms with Gasteiger partial charge >= 0.3 is 0 Å². The highest BCUT2D eigenvalue weighted by Gasteiger charge is 2.10. The van der Waals surface area contributed by atoms with Gasteiger partial charge < -0.3 is 0 Å². The number of ketones is 1. The van der Waals surface area contributed by atoms with Crippen molar-refractivity contribution >= 4 is 5.78 Å². The first kappa shape index (κ1) is 12.9. The van der Waals surface area contributed by atoms with Crippen LogP contribution in [0.1, 0.15) is 54.9 Å². The Labute approximate surface area is 96.7 Å². The second-order valence-corrected chi connectivity index (χ2v) is 4.22. The highest BCUT2D eigenvalue weighted by molar-refractivity contribution is 5.96. The Balaban J connectivity index is 2.53. The minimum Gasteiger partial charge on any atom is -0.294 e. The number of unbranched alkanes of at least 4 members (excludes halogenated alkanes) is 3. The van der Waals surface area contributed by atoms with Gasteiger partial charge in [-0.1, -0.05) is 32.3 Å². The number of hydrogen-bond acceptors (Lipinski definition) is 1. The van der Waals surface area contributed by atoms with E-state index >= 15 is 0 Å². The third-order valence-corrected chi connectivity index (χ3v) is 2.68. The van der Waals surface area contributed by atoms with Crippen molar-refractivity contribution in [1.29, 1.82) is 0 Å². The summed E-state index contributed by atoms with van der Waals surface area (Å²) in [7, 11) is 0. The summed E-state index contributed by atoms with van der Waals surface area (Å²) in [6, 6.07) is 4.79. The summed E-state index contributed by atoms with van der Waals surface area (Å²) < 4.78 is 13.5. The predicted molar refractivity (Wildman–Crippen MR) is 64.2 cm³/mol. The van der Waals surface area contributed by atoms with E-state index in [1.54, 1.807) is 12.1 Å². The molecule has 0 bridgehead atoms. The Kier molecular flexibility index (Phi) is 5.17. The Hall–Kier alpha value is -1.18. The third kappa shape index (κ3) is 3.76. The molecule has 0 aromatic heterocycles. The molecular formula is C14H19FO. The van der Waals surface area contributed by atoms with Crippen molar-refractivity contribution in [2.45, 2.75) is 46.0 Å². The molecule has 0 aliphatic carbocycles. The number of carbonyl (C=O) groups excluding carboxylic acids is 1. The predicted octanol–water partition coefficient (Wildman–Crippen LogP) is 4.29. The summed E-state index contributed by atoms with van der Waals surface area (Å²) in [5, 5.41) is 0. The van der Waals surface area contributed by atoms with Gasteiger partial charge in [0.2, 0.25) is 0 Å². The molecular weight excluding hydrogens is 203 g/mol. The smallest absolute Gasteiger partial charge is 0.165 e. The fourth-order valence-corrected chi connectivity index (χ4v) is 1.69. The van der Waals surface area contributed by atoms with Crippen LogP contribution in [0.25, 0.3) is 0 Å². The largest absolute Gasteiger partial charge is 0.294 e. The second kappa shape index (κ2) is 6.41. The molecule has 0 saturated carbocycles. The molecule has 0 unspecified atom stereocenters. The van der Waals surface area contributed by atoms with Crippen LogP contribution < -0.4 is 0 Å². The van der Waals surface area contributed by atoms with Crippen molar-refractivity contribution in [3.05, 3.63) is 35.1 Å². The molecule has 1 aromatic rings. The molecule has 0 aliphatic heterocycles. The normalized spacial score (nSPS) is 10.4. The highest BCUT2D eigenvalue weighted by Crippen LogP contribution is 2.14. The van der Waals surface area contributed by atoms with E-state index in [2.05, 4.69) is 6.92 Å². The number of rotatable bonds is 6. The van der Waals surface area contributed by atoms with Crippen molar-refractivity contribution in [3.8, 4) is 0 Å². The summed E-state index contributed by atoms with van der Waals surface area (Å²) in [6.07, 6.45) is 4.66. The summed E-state index contributed by atoms with van der Waals surface area (Å²) in [6.45, 7) is 3.94. The minimum atomic E-state index is -0.388. The van der Waals surface area contributed by atoms with Gasteiger partial charge in [-0.25, -0.2) is 4.39 Å². The van der Waals surface area contributed by atoms with Crippen molar-refractivity contribution in [1.82, 2.24) is 0 Å². The summed E-state index contributed by atoms with van der Waals surface area (Å²) in [5.74, 6) is -0.464. The van der Waals surface area contributed by atoms with Crippen LogP contribution >= 0.6 is 0 Å². The van der Waals surface area contributed by atoms with Crippen LogP contribution in [0, 0.1) is 12.7 Å². The lowest BCUT2D eigenvalue weighted by molar-refractivity contribution is 0.0975. The molecule has 0 amide bonds. The maximum absolute atomic E-state index is 13.5. The quantitative estimate of drug-likeness (QED) is 0.518. The van der Waals surface area contributed by atoms with E-state index in [9.17, 15) is 9.18 Å². The van der Waals surface area contributed by atoms with E-state index in [1.807, 2.05) is 6.92 Å². The van der Waals surface area contributed by atoms with Crippen LogP contribution in [0.5, 0.6) is 0 Å². The Bertz CT molecular complexity index is 358. The number of halogens is 1. The zero-order valence-corrected chi connectivity index (χ0v) is 10.1. The first-order chi connectivity index (χ1) is 7.65. The van der Waals surface area contributed by atoms with Gasteiger partial charge in [0.05, 0.1) is 5.56 Å². The number of aryl methyl sites for hydroxylation is 1. The zero-order chi connectivity index (χ0) is 12.0. The highest BCUT2D eigenvalue weighted by atomic mass is 19.1. The maximum atomic E-state index is 13.5. The van der Waals surface area contributed by atoms with Crippen LogP contribution in [-0.4, -0.2) is 5.78 Å². The molecule has 0 saturated heterocycles. The van der Waals surface area contributed by atoms with E-state index in [-0.39, 0.29) is 17.2 Å². The summed E-state index contributed by atoms with van der Waals surface area (Å²) in [4.78, 5) is 11.7. The van der Waals surface area contributed by atoms with Crippen LogP contribution in [0.2, 0.25) is 0 Å². The molecule has 2 heteroatoms. The molecule has 0 fully saturated rings. The molecule has 1 aromatic carbocycles. The van der Waals surface area contributed by atoms with E-state index in [0.29, 0.717) is 6.42 Å². The lowest BCUT2D eigenvalue weighted by atomic mass is 10.0. The van der Waals surface area contributed by atoms with Gasteiger partial charge in [-0.15, -0.1) is 0 Å². The number of hydrogen-bond donors (Lipinski definition) is 0. The fourth-order valence-electron chi connectivity index (χ4n) is 1.69. The molecule has 0 N–H and O–H groups in total. The van der Waals surface area contributed by atoms with Crippen molar-refractivity contribution in [3.63, 3.8) is 0 Å². The van der Waals surface area contributed by atoms with Crippen LogP contribution in [0.3, 0.4) is 0 Å². The Morgan fingerprint density at radius 2 is 2.00 bits per heavy atom. The Morgan fingerprint density at radius 1 is 1.25 bits per heavy atom. The zero-order valence-electron chi connectivity index (χ0n) is 10.1. The fraction of sp³-hybridized carbons (Fsp3) is 0.500. The minimum absolute atomic E-state index is 0.0754. The molecule has 1 nitrogen and oxygen atoms in total. The van der Waals surface area contributed by atoms with Gasteiger partial charge in [0, 0.05) is 6.42 Å². The lowest BCUT2D eigenvalue weighted by Gasteiger charge is -2.03. The maximum Gasteiger partial charge on any atom is 0.165 e. The first-order valence-corrected chi connectivity index (χ1v) is 5.94. The number of Topliss-reactive ketones (excluding diaryl/α,β-unsaturated/α-hetero) is 1. The van der Waals surface area contributed by atoms with Gasteiger partial charge in [-0.2, -0.15) is 0 Å². The molecule has 88 valence electrons. The Morgan fingerprint density at radius 3 is 2.62 bits per heavy atom. The number of carbonyl (C=O) groups is 1. The van der Waals surface area contributed by atoms with E-state index < -0.39 is 0 Å². The lowest BCUT2D eigenvalue weighted by Crippen LogP contribution is -2.02. The molecule has 1 rings (SSSR count). The molecule has 0 atom stereocenters. The molecule has 0 aliphatic rings. The second-order valence-electron chi connectivity index (χ2n) is 4.22. The molecule has 0 heterocycles. The van der Waals surface area contributed by atoms with Crippen LogP contribution in [0.15, 0.2) is 18.2 Å².